The summed E-state index contributed by atoms with van der Waals surface area (Å²) < 4.78 is 31.5. The minimum Gasteiger partial charge on any atom is -0.385 e. The molecule has 0 radical (unpaired) electrons. The first-order chi connectivity index (χ1) is 10.9. The lowest BCUT2D eigenvalue weighted by molar-refractivity contribution is 0.0952. The first-order valence-electron chi connectivity index (χ1n) is 7.73. The second kappa shape index (κ2) is 9.64. The number of carbonyl (C=O) groups is 1. The molecule has 1 aromatic rings. The van der Waals surface area contributed by atoms with Gasteiger partial charge >= 0.3 is 0 Å². The smallest absolute Gasteiger partial charge is 0.251 e. The van der Waals surface area contributed by atoms with Gasteiger partial charge in [0.1, 0.15) is 0 Å². The highest BCUT2D eigenvalue weighted by Crippen LogP contribution is 2.10. The molecule has 0 aliphatic heterocycles. The van der Waals surface area contributed by atoms with Crippen LogP contribution in [0.4, 0.5) is 0 Å². The zero-order valence-corrected chi connectivity index (χ0v) is 14.8. The van der Waals surface area contributed by atoms with Gasteiger partial charge in [-0.25, -0.2) is 13.1 Å². The minimum atomic E-state index is -3.55. The van der Waals surface area contributed by atoms with Crippen LogP contribution in [0.2, 0.25) is 0 Å². The fourth-order valence-electron chi connectivity index (χ4n) is 1.87. The summed E-state index contributed by atoms with van der Waals surface area (Å²) in [5, 5.41) is 2.82. The molecule has 0 aromatic heterocycles. The Morgan fingerprint density at radius 1 is 1.17 bits per heavy atom. The Morgan fingerprint density at radius 2 is 1.83 bits per heavy atom. The van der Waals surface area contributed by atoms with Crippen LogP contribution < -0.4 is 10.0 Å². The van der Waals surface area contributed by atoms with Crippen molar-refractivity contribution in [3.8, 4) is 0 Å². The van der Waals surface area contributed by atoms with E-state index >= 15 is 0 Å². The highest BCUT2D eigenvalue weighted by Gasteiger charge is 2.14. The lowest BCUT2D eigenvalue weighted by atomic mass is 10.1. The maximum Gasteiger partial charge on any atom is 0.251 e. The van der Waals surface area contributed by atoms with E-state index in [9.17, 15) is 13.2 Å². The monoisotopic (exact) mass is 342 g/mol. The number of ether oxygens (including phenoxy) is 1. The van der Waals surface area contributed by atoms with Crippen LogP contribution in [-0.4, -0.2) is 41.1 Å². The number of carbonyl (C=O) groups excluding carboxylic acids is 1. The maximum atomic E-state index is 12.1. The fraction of sp³-hybridized carbons (Fsp3) is 0.562. The summed E-state index contributed by atoms with van der Waals surface area (Å²) in [7, 11) is -1.98. The molecule has 0 heterocycles. The van der Waals surface area contributed by atoms with E-state index in [2.05, 4.69) is 23.9 Å². The van der Waals surface area contributed by atoms with E-state index in [-0.39, 0.29) is 10.8 Å². The maximum absolute atomic E-state index is 12.1. The van der Waals surface area contributed by atoms with Crippen molar-refractivity contribution in [2.75, 3.05) is 26.8 Å². The average molecular weight is 342 g/mol. The molecule has 0 aliphatic rings. The van der Waals surface area contributed by atoms with E-state index in [1.54, 1.807) is 7.11 Å². The summed E-state index contributed by atoms with van der Waals surface area (Å²) >= 11 is 0. The molecule has 7 heteroatoms. The van der Waals surface area contributed by atoms with Crippen LogP contribution in [0.1, 0.15) is 37.0 Å². The molecule has 0 unspecified atom stereocenters. The molecule has 0 atom stereocenters. The Kier molecular flexibility index (Phi) is 8.22. The predicted molar refractivity (Wildman–Crippen MR) is 89.9 cm³/mol. The van der Waals surface area contributed by atoms with Gasteiger partial charge in [0.2, 0.25) is 10.0 Å². The molecular weight excluding hydrogens is 316 g/mol. The predicted octanol–water partition coefficient (Wildman–Crippen LogP) is 1.78. The van der Waals surface area contributed by atoms with Crippen molar-refractivity contribution in [1.29, 1.82) is 0 Å². The van der Waals surface area contributed by atoms with Gasteiger partial charge in [-0.15, -0.1) is 0 Å². The summed E-state index contributed by atoms with van der Waals surface area (Å²) in [6.07, 6.45) is 1.51. The Balaban J connectivity index is 2.59. The molecule has 23 heavy (non-hydrogen) atoms. The summed E-state index contributed by atoms with van der Waals surface area (Å²) in [5.74, 6) is 0.328. The van der Waals surface area contributed by atoms with E-state index in [1.165, 1.54) is 24.3 Å². The molecule has 6 nitrogen and oxygen atoms in total. The number of benzene rings is 1. The molecule has 0 saturated heterocycles. The van der Waals surface area contributed by atoms with Crippen molar-refractivity contribution in [2.45, 2.75) is 31.6 Å². The van der Waals surface area contributed by atoms with Crippen LogP contribution >= 0.6 is 0 Å². The van der Waals surface area contributed by atoms with Crippen molar-refractivity contribution in [2.24, 2.45) is 5.92 Å². The zero-order valence-electron chi connectivity index (χ0n) is 14.0. The van der Waals surface area contributed by atoms with Gasteiger partial charge in [0.15, 0.2) is 0 Å². The van der Waals surface area contributed by atoms with Gasteiger partial charge in [-0.05, 0) is 43.0 Å². The Morgan fingerprint density at radius 3 is 2.39 bits per heavy atom. The number of hydrogen-bond donors (Lipinski definition) is 2. The van der Waals surface area contributed by atoms with Crippen molar-refractivity contribution in [3.05, 3.63) is 29.8 Å². The third-order valence-corrected chi connectivity index (χ3v) is 4.73. The molecular formula is C16H26N2O4S. The SMILES string of the molecule is COCCCNS(=O)(=O)c1ccc(C(=O)NCCC(C)C)cc1. The largest absolute Gasteiger partial charge is 0.385 e. The molecule has 0 spiro atoms. The van der Waals surface area contributed by atoms with Gasteiger partial charge in [-0.3, -0.25) is 4.79 Å². The average Bonchev–Trinajstić information content (AvgIpc) is 2.51. The number of sulfonamides is 1. The van der Waals surface area contributed by atoms with Gasteiger partial charge in [0, 0.05) is 32.4 Å². The first-order valence-corrected chi connectivity index (χ1v) is 9.22. The number of hydrogen-bond acceptors (Lipinski definition) is 4. The van der Waals surface area contributed by atoms with Crippen molar-refractivity contribution in [1.82, 2.24) is 10.0 Å². The number of rotatable bonds is 10. The Hall–Kier alpha value is -1.44. The van der Waals surface area contributed by atoms with E-state index in [4.69, 9.17) is 4.74 Å². The van der Waals surface area contributed by atoms with E-state index in [0.29, 0.717) is 37.6 Å². The summed E-state index contributed by atoms with van der Waals surface area (Å²) in [6, 6.07) is 5.93. The van der Waals surface area contributed by atoms with E-state index in [1.807, 2.05) is 0 Å². The molecule has 0 aliphatic carbocycles. The summed E-state index contributed by atoms with van der Waals surface area (Å²) in [5.41, 5.74) is 0.451. The van der Waals surface area contributed by atoms with Crippen molar-refractivity contribution in [3.63, 3.8) is 0 Å². The van der Waals surface area contributed by atoms with Crippen LogP contribution in [0.3, 0.4) is 0 Å². The number of methoxy groups -OCH3 is 1. The highest BCUT2D eigenvalue weighted by atomic mass is 32.2. The Bertz CT molecular complexity index is 583. The zero-order chi connectivity index (χ0) is 17.3. The van der Waals surface area contributed by atoms with Crippen molar-refractivity contribution < 1.29 is 17.9 Å². The first kappa shape index (κ1) is 19.6. The van der Waals surface area contributed by atoms with Crippen LogP contribution in [-0.2, 0) is 14.8 Å². The van der Waals surface area contributed by atoms with Crippen LogP contribution in [0.5, 0.6) is 0 Å². The van der Waals surface area contributed by atoms with Gasteiger partial charge < -0.3 is 10.1 Å². The Labute approximate surface area is 138 Å². The van der Waals surface area contributed by atoms with Gasteiger partial charge in [-0.1, -0.05) is 13.8 Å². The number of amides is 1. The van der Waals surface area contributed by atoms with Crippen LogP contribution in [0.25, 0.3) is 0 Å². The topological polar surface area (TPSA) is 84.5 Å². The second-order valence-electron chi connectivity index (χ2n) is 5.71. The molecule has 1 rings (SSSR count). The molecule has 0 bridgehead atoms. The molecule has 0 fully saturated rings. The quantitative estimate of drug-likeness (QED) is 0.635. The molecule has 2 N–H and O–H groups in total. The molecule has 130 valence electrons. The standard InChI is InChI=1S/C16H26N2O4S/c1-13(2)9-11-17-16(19)14-5-7-15(8-6-14)23(20,21)18-10-4-12-22-3/h5-8,13,18H,4,9-12H2,1-3H3,(H,17,19). The molecule has 1 amide bonds. The minimum absolute atomic E-state index is 0.147. The fourth-order valence-corrected chi connectivity index (χ4v) is 2.94. The lowest BCUT2D eigenvalue weighted by Gasteiger charge is -2.09. The number of nitrogens with one attached hydrogen (secondary N) is 2. The van der Waals surface area contributed by atoms with Crippen LogP contribution in [0.15, 0.2) is 29.2 Å². The van der Waals surface area contributed by atoms with Crippen molar-refractivity contribution >= 4 is 15.9 Å². The summed E-state index contributed by atoms with van der Waals surface area (Å²) in [6.45, 7) is 5.60. The van der Waals surface area contributed by atoms with Gasteiger partial charge in [0.05, 0.1) is 4.90 Å². The molecule has 1 aromatic carbocycles. The third-order valence-electron chi connectivity index (χ3n) is 3.25. The molecule has 0 saturated carbocycles. The normalized spacial score (nSPS) is 11.7. The van der Waals surface area contributed by atoms with Gasteiger partial charge in [-0.2, -0.15) is 0 Å². The van der Waals surface area contributed by atoms with E-state index < -0.39 is 10.0 Å². The third kappa shape index (κ3) is 7.11. The van der Waals surface area contributed by atoms with E-state index in [0.717, 1.165) is 6.42 Å². The van der Waals surface area contributed by atoms with Crippen LogP contribution in [0, 0.1) is 5.92 Å². The van der Waals surface area contributed by atoms with Gasteiger partial charge in [0.25, 0.3) is 5.91 Å². The second-order valence-corrected chi connectivity index (χ2v) is 7.47. The summed E-state index contributed by atoms with van der Waals surface area (Å²) in [4.78, 5) is 12.1. The lowest BCUT2D eigenvalue weighted by Crippen LogP contribution is -2.26. The highest BCUT2D eigenvalue weighted by molar-refractivity contribution is 7.89.